The van der Waals surface area contributed by atoms with Crippen LogP contribution in [0.2, 0.25) is 0 Å². The molecule has 1 amide bonds. The van der Waals surface area contributed by atoms with Gasteiger partial charge in [-0.2, -0.15) is 0 Å². The van der Waals surface area contributed by atoms with Crippen LogP contribution in [0.25, 0.3) is 0 Å². The Morgan fingerprint density at radius 1 is 1.19 bits per heavy atom. The molecule has 0 aliphatic rings. The number of carbonyl (C=O) groups excluding carboxylic acids is 1. The SMILES string of the molecule is CCOc1cccc(CNC(=O)c2ccc(F)cc2F)c1. The first kappa shape index (κ1) is 15.0. The molecular formula is C16H15F2NO2. The highest BCUT2D eigenvalue weighted by molar-refractivity contribution is 5.94. The number of hydrogen-bond donors (Lipinski definition) is 1. The van der Waals surface area contributed by atoms with E-state index in [9.17, 15) is 13.6 Å². The lowest BCUT2D eigenvalue weighted by Crippen LogP contribution is -2.23. The van der Waals surface area contributed by atoms with Crippen LogP contribution in [0.3, 0.4) is 0 Å². The fourth-order valence-corrected chi connectivity index (χ4v) is 1.86. The van der Waals surface area contributed by atoms with Crippen molar-refractivity contribution in [1.29, 1.82) is 0 Å². The van der Waals surface area contributed by atoms with Crippen molar-refractivity contribution >= 4 is 5.91 Å². The van der Waals surface area contributed by atoms with Gasteiger partial charge in [0.25, 0.3) is 5.91 Å². The van der Waals surface area contributed by atoms with E-state index in [-0.39, 0.29) is 12.1 Å². The smallest absolute Gasteiger partial charge is 0.254 e. The van der Waals surface area contributed by atoms with Crippen LogP contribution in [0.4, 0.5) is 8.78 Å². The van der Waals surface area contributed by atoms with E-state index in [1.54, 1.807) is 6.07 Å². The molecule has 2 aromatic rings. The van der Waals surface area contributed by atoms with E-state index in [1.807, 2.05) is 25.1 Å². The second kappa shape index (κ2) is 6.83. The number of hydrogen-bond acceptors (Lipinski definition) is 2. The normalized spacial score (nSPS) is 10.2. The van der Waals surface area contributed by atoms with Gasteiger partial charge in [-0.3, -0.25) is 4.79 Å². The average Bonchev–Trinajstić information content (AvgIpc) is 2.45. The summed E-state index contributed by atoms with van der Waals surface area (Å²) in [6.07, 6.45) is 0. The number of benzene rings is 2. The summed E-state index contributed by atoms with van der Waals surface area (Å²) in [5.41, 5.74) is 0.647. The van der Waals surface area contributed by atoms with Crippen molar-refractivity contribution in [2.45, 2.75) is 13.5 Å². The van der Waals surface area contributed by atoms with Gasteiger partial charge >= 0.3 is 0 Å². The molecule has 0 bridgehead atoms. The van der Waals surface area contributed by atoms with Gasteiger partial charge in [0.2, 0.25) is 0 Å². The van der Waals surface area contributed by atoms with E-state index in [0.717, 1.165) is 17.7 Å². The standard InChI is InChI=1S/C16H15F2NO2/c1-2-21-13-5-3-4-11(8-13)10-19-16(20)14-7-6-12(17)9-15(14)18/h3-9H,2,10H2,1H3,(H,19,20). The maximum absolute atomic E-state index is 13.5. The topological polar surface area (TPSA) is 38.3 Å². The number of halogens is 2. The van der Waals surface area contributed by atoms with Crippen molar-refractivity contribution in [3.05, 3.63) is 65.2 Å². The van der Waals surface area contributed by atoms with Gasteiger partial charge in [0.05, 0.1) is 12.2 Å². The molecule has 2 rings (SSSR count). The summed E-state index contributed by atoms with van der Waals surface area (Å²) in [5.74, 6) is -1.48. The van der Waals surface area contributed by atoms with Gasteiger partial charge < -0.3 is 10.1 Å². The van der Waals surface area contributed by atoms with Crippen LogP contribution in [0.5, 0.6) is 5.75 Å². The molecule has 0 atom stereocenters. The van der Waals surface area contributed by atoms with Crippen molar-refractivity contribution in [3.8, 4) is 5.75 Å². The molecule has 0 saturated carbocycles. The first-order valence-electron chi connectivity index (χ1n) is 6.55. The largest absolute Gasteiger partial charge is 0.494 e. The van der Waals surface area contributed by atoms with E-state index in [0.29, 0.717) is 18.4 Å². The number of amides is 1. The summed E-state index contributed by atoms with van der Waals surface area (Å²) in [5, 5.41) is 2.59. The summed E-state index contributed by atoms with van der Waals surface area (Å²) < 4.78 is 31.6. The van der Waals surface area contributed by atoms with Crippen LogP contribution in [-0.2, 0) is 6.54 Å². The molecule has 0 radical (unpaired) electrons. The Balaban J connectivity index is 2.02. The maximum atomic E-state index is 13.5. The zero-order valence-corrected chi connectivity index (χ0v) is 11.5. The third kappa shape index (κ3) is 4.02. The minimum absolute atomic E-state index is 0.183. The number of nitrogens with one attached hydrogen (secondary N) is 1. The first-order valence-corrected chi connectivity index (χ1v) is 6.55. The van der Waals surface area contributed by atoms with Crippen LogP contribution in [0.15, 0.2) is 42.5 Å². The third-order valence-electron chi connectivity index (χ3n) is 2.84. The quantitative estimate of drug-likeness (QED) is 0.918. The molecule has 0 fully saturated rings. The lowest BCUT2D eigenvalue weighted by Gasteiger charge is -2.08. The van der Waals surface area contributed by atoms with Crippen molar-refractivity contribution in [2.75, 3.05) is 6.61 Å². The Labute approximate surface area is 121 Å². The highest BCUT2D eigenvalue weighted by Gasteiger charge is 2.12. The second-order valence-electron chi connectivity index (χ2n) is 4.39. The summed E-state index contributed by atoms with van der Waals surface area (Å²) in [7, 11) is 0. The van der Waals surface area contributed by atoms with E-state index in [2.05, 4.69) is 5.32 Å². The second-order valence-corrected chi connectivity index (χ2v) is 4.39. The molecule has 0 unspecified atom stereocenters. The highest BCUT2D eigenvalue weighted by Crippen LogP contribution is 2.14. The lowest BCUT2D eigenvalue weighted by molar-refractivity contribution is 0.0946. The van der Waals surface area contributed by atoms with Crippen LogP contribution in [0.1, 0.15) is 22.8 Å². The molecular weight excluding hydrogens is 276 g/mol. The van der Waals surface area contributed by atoms with Crippen LogP contribution in [-0.4, -0.2) is 12.5 Å². The van der Waals surface area contributed by atoms with Crippen LogP contribution in [0, 0.1) is 11.6 Å². The van der Waals surface area contributed by atoms with E-state index in [1.165, 1.54) is 0 Å². The molecule has 0 aromatic heterocycles. The maximum Gasteiger partial charge on any atom is 0.254 e. The predicted octanol–water partition coefficient (Wildman–Crippen LogP) is 3.29. The Kier molecular flexibility index (Phi) is 4.87. The summed E-state index contributed by atoms with van der Waals surface area (Å²) in [6.45, 7) is 2.67. The minimum atomic E-state index is -0.879. The van der Waals surface area contributed by atoms with Gasteiger partial charge in [-0.25, -0.2) is 8.78 Å². The highest BCUT2D eigenvalue weighted by atomic mass is 19.1. The molecule has 0 saturated heterocycles. The first-order chi connectivity index (χ1) is 10.1. The molecule has 0 aliphatic heterocycles. The molecule has 110 valence electrons. The van der Waals surface area contributed by atoms with Crippen molar-refractivity contribution in [1.82, 2.24) is 5.32 Å². The van der Waals surface area contributed by atoms with Gasteiger partial charge in [-0.1, -0.05) is 12.1 Å². The molecule has 1 N–H and O–H groups in total. The molecule has 21 heavy (non-hydrogen) atoms. The molecule has 0 spiro atoms. The Bertz CT molecular complexity index is 644. The Morgan fingerprint density at radius 3 is 2.71 bits per heavy atom. The zero-order chi connectivity index (χ0) is 15.2. The number of carbonyl (C=O) groups is 1. The van der Waals surface area contributed by atoms with Crippen LogP contribution >= 0.6 is 0 Å². The average molecular weight is 291 g/mol. The fraction of sp³-hybridized carbons (Fsp3) is 0.188. The van der Waals surface area contributed by atoms with Gasteiger partial charge in [-0.15, -0.1) is 0 Å². The Morgan fingerprint density at radius 2 is 2.00 bits per heavy atom. The summed E-state index contributed by atoms with van der Waals surface area (Å²) >= 11 is 0. The third-order valence-corrected chi connectivity index (χ3v) is 2.84. The lowest BCUT2D eigenvalue weighted by atomic mass is 10.1. The van der Waals surface area contributed by atoms with Gasteiger partial charge in [0.15, 0.2) is 0 Å². The molecule has 0 aliphatic carbocycles. The molecule has 3 nitrogen and oxygen atoms in total. The fourth-order valence-electron chi connectivity index (χ4n) is 1.86. The monoisotopic (exact) mass is 291 g/mol. The van der Waals surface area contributed by atoms with E-state index >= 15 is 0 Å². The van der Waals surface area contributed by atoms with Gasteiger partial charge in [0, 0.05) is 12.6 Å². The van der Waals surface area contributed by atoms with Crippen LogP contribution < -0.4 is 10.1 Å². The summed E-state index contributed by atoms with van der Waals surface area (Å²) in [6, 6.07) is 10.1. The van der Waals surface area contributed by atoms with E-state index in [4.69, 9.17) is 4.74 Å². The van der Waals surface area contributed by atoms with Crippen molar-refractivity contribution in [3.63, 3.8) is 0 Å². The predicted molar refractivity (Wildman–Crippen MR) is 75.1 cm³/mol. The van der Waals surface area contributed by atoms with Crippen molar-refractivity contribution in [2.24, 2.45) is 0 Å². The van der Waals surface area contributed by atoms with Crippen molar-refractivity contribution < 1.29 is 18.3 Å². The number of rotatable bonds is 5. The molecule has 5 heteroatoms. The van der Waals surface area contributed by atoms with Gasteiger partial charge in [0.1, 0.15) is 17.4 Å². The zero-order valence-electron chi connectivity index (χ0n) is 11.5. The van der Waals surface area contributed by atoms with E-state index < -0.39 is 17.5 Å². The minimum Gasteiger partial charge on any atom is -0.494 e. The van der Waals surface area contributed by atoms with Gasteiger partial charge in [-0.05, 0) is 36.8 Å². The number of ether oxygens (including phenoxy) is 1. The molecule has 2 aromatic carbocycles. The summed E-state index contributed by atoms with van der Waals surface area (Å²) in [4.78, 5) is 11.9. The molecule has 0 heterocycles. The Hall–Kier alpha value is -2.43.